The molecule has 4 heteroatoms. The van der Waals surface area contributed by atoms with Gasteiger partial charge in [-0.25, -0.2) is 0 Å². The molecule has 1 aromatic carbocycles. The van der Waals surface area contributed by atoms with Crippen LogP contribution in [0.5, 0.6) is 0 Å². The largest absolute Gasteiger partial charge is 0.377 e. The van der Waals surface area contributed by atoms with Crippen molar-refractivity contribution < 1.29 is 9.53 Å². The van der Waals surface area contributed by atoms with Gasteiger partial charge in [0.2, 0.25) is 5.91 Å². The molecule has 1 aliphatic carbocycles. The first kappa shape index (κ1) is 16.5. The lowest BCUT2D eigenvalue weighted by atomic mass is 9.46. The summed E-state index contributed by atoms with van der Waals surface area (Å²) in [7, 11) is 1.86. The summed E-state index contributed by atoms with van der Waals surface area (Å²) in [6, 6.07) is 8.17. The van der Waals surface area contributed by atoms with E-state index in [2.05, 4.69) is 32.9 Å². The third-order valence-electron chi connectivity index (χ3n) is 6.05. The molecule has 1 heterocycles. The Hall–Kier alpha value is -1.39. The van der Waals surface area contributed by atoms with Gasteiger partial charge in [-0.15, -0.1) is 0 Å². The number of benzene rings is 1. The second-order valence-corrected chi connectivity index (χ2v) is 7.72. The molecule has 126 valence electrons. The van der Waals surface area contributed by atoms with E-state index in [0.717, 1.165) is 19.4 Å². The van der Waals surface area contributed by atoms with E-state index in [1.807, 2.05) is 19.2 Å². The van der Waals surface area contributed by atoms with Crippen LogP contribution in [0.2, 0.25) is 0 Å². The number of carbonyl (C=O) groups excluding carboxylic acids is 1. The molecule has 2 fully saturated rings. The van der Waals surface area contributed by atoms with Crippen molar-refractivity contribution in [1.29, 1.82) is 0 Å². The molecule has 3 unspecified atom stereocenters. The number of aryl methyl sites for hydroxylation is 1. The highest BCUT2D eigenvalue weighted by atomic mass is 16.5. The average Bonchev–Trinajstić information content (AvgIpc) is 2.55. The molecule has 0 spiro atoms. The van der Waals surface area contributed by atoms with E-state index in [4.69, 9.17) is 10.5 Å². The van der Waals surface area contributed by atoms with E-state index in [1.165, 1.54) is 11.1 Å². The number of amides is 1. The minimum atomic E-state index is -0.824. The van der Waals surface area contributed by atoms with Crippen molar-refractivity contribution in [3.8, 4) is 0 Å². The van der Waals surface area contributed by atoms with Gasteiger partial charge in [0.25, 0.3) is 0 Å². The number of hydrogen-bond acceptors (Lipinski definition) is 3. The minimum absolute atomic E-state index is 0.0394. The molecule has 0 bridgehead atoms. The molecule has 0 aromatic heterocycles. The highest BCUT2D eigenvalue weighted by Gasteiger charge is 2.70. The van der Waals surface area contributed by atoms with Crippen LogP contribution < -0.4 is 5.73 Å². The predicted octanol–water partition coefficient (Wildman–Crippen LogP) is 2.49. The Morgan fingerprint density at radius 3 is 2.78 bits per heavy atom. The smallest absolute Gasteiger partial charge is 0.243 e. The fraction of sp³-hybridized carbons (Fsp3) is 0.632. The molecule has 23 heavy (non-hydrogen) atoms. The summed E-state index contributed by atoms with van der Waals surface area (Å²) in [5, 5.41) is 0. The Morgan fingerprint density at radius 1 is 1.39 bits per heavy atom. The number of carbonyl (C=O) groups is 1. The van der Waals surface area contributed by atoms with E-state index in [1.54, 1.807) is 4.90 Å². The molecule has 3 atom stereocenters. The number of rotatable bonds is 3. The van der Waals surface area contributed by atoms with E-state index in [9.17, 15) is 4.79 Å². The predicted molar refractivity (Wildman–Crippen MR) is 90.8 cm³/mol. The molecule has 1 saturated carbocycles. The van der Waals surface area contributed by atoms with Gasteiger partial charge in [-0.1, -0.05) is 38.1 Å². The first-order valence-corrected chi connectivity index (χ1v) is 8.50. The van der Waals surface area contributed by atoms with Crippen LogP contribution in [0.25, 0.3) is 0 Å². The fourth-order valence-electron chi connectivity index (χ4n) is 4.44. The molecule has 4 nitrogen and oxygen atoms in total. The standard InChI is InChI=1S/C19H28N2O2/c1-13-8-5-6-9-14(13)12-21(4)17(22)19(20)15-10-7-11-23-16(15)18(19,2)3/h5-6,8-9,15-16H,7,10-12,20H2,1-4H3. The van der Waals surface area contributed by atoms with Gasteiger partial charge in [0.1, 0.15) is 5.54 Å². The van der Waals surface area contributed by atoms with E-state index < -0.39 is 5.54 Å². The second-order valence-electron chi connectivity index (χ2n) is 7.72. The molecule has 1 saturated heterocycles. The summed E-state index contributed by atoms with van der Waals surface area (Å²) in [6.45, 7) is 7.59. The topological polar surface area (TPSA) is 55.6 Å². The highest BCUT2D eigenvalue weighted by Crippen LogP contribution is 2.57. The zero-order chi connectivity index (χ0) is 16.8. The van der Waals surface area contributed by atoms with Gasteiger partial charge in [0, 0.05) is 31.5 Å². The zero-order valence-electron chi connectivity index (χ0n) is 14.6. The number of fused-ring (bicyclic) bond motifs is 1. The van der Waals surface area contributed by atoms with Crippen LogP contribution in [0.3, 0.4) is 0 Å². The van der Waals surface area contributed by atoms with Crippen LogP contribution in [0.1, 0.15) is 37.8 Å². The summed E-state index contributed by atoms with van der Waals surface area (Å²) in [5.41, 5.74) is 7.92. The van der Waals surface area contributed by atoms with Crippen LogP contribution in [0.4, 0.5) is 0 Å². The summed E-state index contributed by atoms with van der Waals surface area (Å²) in [6.07, 6.45) is 2.08. The minimum Gasteiger partial charge on any atom is -0.377 e. The van der Waals surface area contributed by atoms with Crippen molar-refractivity contribution >= 4 is 5.91 Å². The van der Waals surface area contributed by atoms with Crippen molar-refractivity contribution in [1.82, 2.24) is 4.90 Å². The molecule has 1 aliphatic heterocycles. The lowest BCUT2D eigenvalue weighted by molar-refractivity contribution is -0.229. The van der Waals surface area contributed by atoms with Gasteiger partial charge in [-0.05, 0) is 30.9 Å². The van der Waals surface area contributed by atoms with Gasteiger partial charge in [0.15, 0.2) is 0 Å². The van der Waals surface area contributed by atoms with Gasteiger partial charge >= 0.3 is 0 Å². The Balaban J connectivity index is 1.80. The zero-order valence-corrected chi connectivity index (χ0v) is 14.6. The van der Waals surface area contributed by atoms with E-state index in [-0.39, 0.29) is 23.3 Å². The van der Waals surface area contributed by atoms with Gasteiger partial charge in [-0.2, -0.15) is 0 Å². The molecule has 1 aromatic rings. The number of likely N-dealkylation sites (N-methyl/N-ethyl adjacent to an activating group) is 1. The van der Waals surface area contributed by atoms with Gasteiger partial charge in [-0.3, -0.25) is 4.79 Å². The quantitative estimate of drug-likeness (QED) is 0.932. The molecule has 2 aliphatic rings. The molecule has 0 radical (unpaired) electrons. The molecule has 2 N–H and O–H groups in total. The van der Waals surface area contributed by atoms with Crippen LogP contribution >= 0.6 is 0 Å². The lowest BCUT2D eigenvalue weighted by Gasteiger charge is -2.65. The van der Waals surface area contributed by atoms with Crippen molar-refractivity contribution in [2.75, 3.05) is 13.7 Å². The maximum absolute atomic E-state index is 13.2. The maximum Gasteiger partial charge on any atom is 0.243 e. The van der Waals surface area contributed by atoms with Crippen molar-refractivity contribution in [2.24, 2.45) is 17.1 Å². The monoisotopic (exact) mass is 316 g/mol. The number of nitrogens with two attached hydrogens (primary N) is 1. The van der Waals surface area contributed by atoms with Crippen LogP contribution in [0, 0.1) is 18.3 Å². The normalized spacial score (nSPS) is 31.9. The number of hydrogen-bond donors (Lipinski definition) is 1. The van der Waals surface area contributed by atoms with Crippen molar-refractivity contribution in [2.45, 2.75) is 51.8 Å². The molecular weight excluding hydrogens is 288 g/mol. The third kappa shape index (κ3) is 2.31. The average molecular weight is 316 g/mol. The summed E-state index contributed by atoms with van der Waals surface area (Å²) in [5.74, 6) is 0.176. The first-order valence-electron chi connectivity index (χ1n) is 8.50. The Kier molecular flexibility index (Phi) is 4.01. The summed E-state index contributed by atoms with van der Waals surface area (Å²) < 4.78 is 5.90. The highest BCUT2D eigenvalue weighted by molar-refractivity contribution is 5.89. The number of ether oxygens (including phenoxy) is 1. The van der Waals surface area contributed by atoms with E-state index >= 15 is 0 Å². The SMILES string of the molecule is Cc1ccccc1CN(C)C(=O)C1(N)C2CCCOC2C1(C)C. The Labute approximate surface area is 139 Å². The number of nitrogens with zero attached hydrogens (tertiary/aromatic N) is 1. The van der Waals surface area contributed by atoms with Crippen LogP contribution in [-0.4, -0.2) is 36.1 Å². The fourth-order valence-corrected chi connectivity index (χ4v) is 4.44. The maximum atomic E-state index is 13.2. The van der Waals surface area contributed by atoms with Gasteiger partial charge in [0.05, 0.1) is 6.10 Å². The Morgan fingerprint density at radius 2 is 2.09 bits per heavy atom. The van der Waals surface area contributed by atoms with Crippen LogP contribution in [0.15, 0.2) is 24.3 Å². The Bertz CT molecular complexity index is 613. The molecular formula is C19H28N2O2. The summed E-state index contributed by atoms with van der Waals surface area (Å²) in [4.78, 5) is 15.0. The van der Waals surface area contributed by atoms with E-state index in [0.29, 0.717) is 6.54 Å². The molecule has 3 rings (SSSR count). The molecule has 1 amide bonds. The third-order valence-corrected chi connectivity index (χ3v) is 6.05. The van der Waals surface area contributed by atoms with Crippen molar-refractivity contribution in [3.05, 3.63) is 35.4 Å². The van der Waals surface area contributed by atoms with Crippen molar-refractivity contribution in [3.63, 3.8) is 0 Å². The lowest BCUT2D eigenvalue weighted by Crippen LogP contribution is -2.82. The van der Waals surface area contributed by atoms with Gasteiger partial charge < -0.3 is 15.4 Å². The summed E-state index contributed by atoms with van der Waals surface area (Å²) >= 11 is 0. The second kappa shape index (κ2) is 5.60. The van der Waals surface area contributed by atoms with Crippen LogP contribution in [-0.2, 0) is 16.1 Å². The first-order chi connectivity index (χ1) is 10.8.